The number of terminal acetylenes is 1. The Labute approximate surface area is 140 Å². The monoisotopic (exact) mass is 327 g/mol. The van der Waals surface area contributed by atoms with E-state index in [0.29, 0.717) is 24.8 Å². The summed E-state index contributed by atoms with van der Waals surface area (Å²) >= 11 is 6.23. The Morgan fingerprint density at radius 1 is 1.43 bits per heavy atom. The molecule has 1 N–H and O–H groups in total. The highest BCUT2D eigenvalue weighted by Crippen LogP contribution is 2.62. The number of nitrogens with zero attached hydrogens (tertiary/aromatic N) is 2. The third-order valence-electron chi connectivity index (χ3n) is 5.30. The van der Waals surface area contributed by atoms with Crippen LogP contribution in [0.15, 0.2) is 28.4 Å². The third-order valence-corrected chi connectivity index (χ3v) is 5.66. The highest BCUT2D eigenvalue weighted by molar-refractivity contribution is 6.31. The maximum absolute atomic E-state index is 12.4. The number of fused-ring (bicyclic) bond motifs is 3. The van der Waals surface area contributed by atoms with Gasteiger partial charge in [0.1, 0.15) is 0 Å². The molecular formula is C18H18ClN3O. The van der Waals surface area contributed by atoms with Gasteiger partial charge in [-0.05, 0) is 29.5 Å². The SMILES string of the molecule is C#CCCC1(CCNC(=O)C2C3Cc4c(Cl)cccc4C32)N=N1. The number of hydrogen-bond donors (Lipinski definition) is 1. The second-order valence-electron chi connectivity index (χ2n) is 6.65. The molecule has 3 unspecified atom stereocenters. The molecule has 0 aromatic heterocycles. The number of halogens is 1. The minimum atomic E-state index is -0.320. The zero-order chi connectivity index (χ0) is 16.0. The summed E-state index contributed by atoms with van der Waals surface area (Å²) in [4.78, 5) is 12.4. The van der Waals surface area contributed by atoms with Crippen molar-refractivity contribution in [2.24, 2.45) is 22.1 Å². The van der Waals surface area contributed by atoms with E-state index in [1.54, 1.807) is 0 Å². The summed E-state index contributed by atoms with van der Waals surface area (Å²) in [6, 6.07) is 6.01. The molecule has 0 bridgehead atoms. The van der Waals surface area contributed by atoms with Gasteiger partial charge in [0.25, 0.3) is 0 Å². The minimum Gasteiger partial charge on any atom is -0.356 e. The van der Waals surface area contributed by atoms with E-state index < -0.39 is 0 Å². The van der Waals surface area contributed by atoms with Crippen molar-refractivity contribution >= 4 is 17.5 Å². The molecule has 1 fully saturated rings. The van der Waals surface area contributed by atoms with Gasteiger partial charge in [0.05, 0.1) is 0 Å². The average molecular weight is 328 g/mol. The Hall–Kier alpha value is -1.86. The fourth-order valence-electron chi connectivity index (χ4n) is 3.92. The molecule has 1 aromatic rings. The summed E-state index contributed by atoms with van der Waals surface area (Å²) in [5.74, 6) is 3.65. The molecule has 23 heavy (non-hydrogen) atoms. The number of carbonyl (C=O) groups excluding carboxylic acids is 1. The fourth-order valence-corrected chi connectivity index (χ4v) is 4.18. The molecule has 1 heterocycles. The smallest absolute Gasteiger partial charge is 0.224 e. The lowest BCUT2D eigenvalue weighted by Crippen LogP contribution is -2.30. The highest BCUT2D eigenvalue weighted by atomic mass is 35.5. The summed E-state index contributed by atoms with van der Waals surface area (Å²) in [6.45, 7) is 0.606. The summed E-state index contributed by atoms with van der Waals surface area (Å²) in [6.07, 6.45) is 8.39. The van der Waals surface area contributed by atoms with Crippen LogP contribution < -0.4 is 5.32 Å². The number of carbonyl (C=O) groups is 1. The van der Waals surface area contributed by atoms with Crippen molar-refractivity contribution in [2.75, 3.05) is 6.54 Å². The Balaban J connectivity index is 1.29. The molecule has 4 nitrogen and oxygen atoms in total. The lowest BCUT2D eigenvalue weighted by atomic mass is 10.0. The molecule has 0 spiro atoms. The topological polar surface area (TPSA) is 53.8 Å². The van der Waals surface area contributed by atoms with Crippen molar-refractivity contribution in [3.05, 3.63) is 34.3 Å². The lowest BCUT2D eigenvalue weighted by molar-refractivity contribution is -0.122. The molecule has 0 saturated heterocycles. The van der Waals surface area contributed by atoms with Gasteiger partial charge >= 0.3 is 0 Å². The molecule has 3 aliphatic rings. The molecule has 3 atom stereocenters. The van der Waals surface area contributed by atoms with Gasteiger partial charge in [-0.2, -0.15) is 10.2 Å². The van der Waals surface area contributed by atoms with Crippen LogP contribution in [-0.2, 0) is 11.2 Å². The first kappa shape index (κ1) is 14.7. The van der Waals surface area contributed by atoms with Gasteiger partial charge in [0.2, 0.25) is 5.91 Å². The van der Waals surface area contributed by atoms with Gasteiger partial charge in [-0.1, -0.05) is 23.7 Å². The van der Waals surface area contributed by atoms with Gasteiger partial charge in [-0.3, -0.25) is 4.79 Å². The van der Waals surface area contributed by atoms with Gasteiger partial charge in [-0.15, -0.1) is 12.3 Å². The number of hydrogen-bond acceptors (Lipinski definition) is 3. The van der Waals surface area contributed by atoms with Crippen molar-refractivity contribution in [3.63, 3.8) is 0 Å². The molecule has 118 valence electrons. The fraction of sp³-hybridized carbons (Fsp3) is 0.500. The second-order valence-corrected chi connectivity index (χ2v) is 7.06. The zero-order valence-corrected chi connectivity index (χ0v) is 13.5. The van der Waals surface area contributed by atoms with Crippen LogP contribution in [0.4, 0.5) is 0 Å². The van der Waals surface area contributed by atoms with Crippen LogP contribution in [0.2, 0.25) is 5.02 Å². The van der Waals surface area contributed by atoms with Gasteiger partial charge in [-0.25, -0.2) is 0 Å². The van der Waals surface area contributed by atoms with Gasteiger partial charge in [0, 0.05) is 42.7 Å². The molecule has 1 aromatic carbocycles. The van der Waals surface area contributed by atoms with Gasteiger partial charge in [0.15, 0.2) is 5.66 Å². The first-order chi connectivity index (χ1) is 11.2. The van der Waals surface area contributed by atoms with Crippen molar-refractivity contribution < 1.29 is 4.79 Å². The Morgan fingerprint density at radius 3 is 3.00 bits per heavy atom. The average Bonchev–Trinajstić information content (AvgIpc) is 3.43. The third kappa shape index (κ3) is 2.53. The van der Waals surface area contributed by atoms with Crippen LogP contribution in [0.5, 0.6) is 0 Å². The van der Waals surface area contributed by atoms with Crippen LogP contribution >= 0.6 is 11.6 Å². The van der Waals surface area contributed by atoms with E-state index in [4.69, 9.17) is 18.0 Å². The number of amides is 1. The summed E-state index contributed by atoms with van der Waals surface area (Å²) in [7, 11) is 0. The molecule has 4 rings (SSSR count). The number of rotatable bonds is 6. The van der Waals surface area contributed by atoms with Crippen LogP contribution in [0.25, 0.3) is 0 Å². The normalized spacial score (nSPS) is 27.7. The summed E-state index contributed by atoms with van der Waals surface area (Å²) in [5.41, 5.74) is 2.18. The molecule has 0 radical (unpaired) electrons. The molecule has 1 aliphatic heterocycles. The summed E-state index contributed by atoms with van der Waals surface area (Å²) < 4.78 is 0. The van der Waals surface area contributed by atoms with Crippen molar-refractivity contribution in [1.82, 2.24) is 5.32 Å². The van der Waals surface area contributed by atoms with E-state index in [1.165, 1.54) is 11.1 Å². The summed E-state index contributed by atoms with van der Waals surface area (Å²) in [5, 5.41) is 12.1. The van der Waals surface area contributed by atoms with E-state index in [9.17, 15) is 4.79 Å². The predicted octanol–water partition coefficient (Wildman–Crippen LogP) is 3.31. The molecule has 1 saturated carbocycles. The zero-order valence-electron chi connectivity index (χ0n) is 12.8. The number of nitrogens with one attached hydrogen (secondary N) is 1. The maximum Gasteiger partial charge on any atom is 0.224 e. The largest absolute Gasteiger partial charge is 0.356 e. The van der Waals surface area contributed by atoms with Crippen molar-refractivity contribution in [2.45, 2.75) is 37.3 Å². The van der Waals surface area contributed by atoms with Crippen molar-refractivity contribution in [1.29, 1.82) is 0 Å². The Kier molecular flexibility index (Phi) is 3.42. The molecule has 5 heteroatoms. The second kappa shape index (κ2) is 5.35. The van der Waals surface area contributed by atoms with Crippen LogP contribution in [0.3, 0.4) is 0 Å². The minimum absolute atomic E-state index is 0.107. The molecule has 1 amide bonds. The molecular weight excluding hydrogens is 310 g/mol. The van der Waals surface area contributed by atoms with Gasteiger partial charge < -0.3 is 5.32 Å². The molecule has 2 aliphatic carbocycles. The van der Waals surface area contributed by atoms with E-state index in [-0.39, 0.29) is 17.5 Å². The van der Waals surface area contributed by atoms with E-state index >= 15 is 0 Å². The number of benzene rings is 1. The maximum atomic E-state index is 12.4. The van der Waals surface area contributed by atoms with Crippen LogP contribution in [0.1, 0.15) is 36.3 Å². The lowest BCUT2D eigenvalue weighted by Gasteiger charge is -2.12. The first-order valence-electron chi connectivity index (χ1n) is 8.08. The van der Waals surface area contributed by atoms with E-state index in [0.717, 1.165) is 24.3 Å². The standard InChI is InChI=1S/C18H18ClN3O/c1-2-3-7-18(21-22-18)8-9-20-17(23)16-13-10-12-11(15(13)16)5-4-6-14(12)19/h1,4-6,13,15-16H,3,7-10H2,(H,20,23). The first-order valence-corrected chi connectivity index (χ1v) is 8.45. The Morgan fingerprint density at radius 2 is 2.26 bits per heavy atom. The highest BCUT2D eigenvalue weighted by Gasteiger charge is 2.59. The Bertz CT molecular complexity index is 730. The van der Waals surface area contributed by atoms with E-state index in [2.05, 4.69) is 27.5 Å². The van der Waals surface area contributed by atoms with Crippen LogP contribution in [-0.4, -0.2) is 18.1 Å². The quantitative estimate of drug-likeness (QED) is 0.801. The van der Waals surface area contributed by atoms with Crippen LogP contribution in [0, 0.1) is 24.2 Å². The van der Waals surface area contributed by atoms with E-state index in [1.807, 2.05) is 12.1 Å². The predicted molar refractivity (Wildman–Crippen MR) is 88.2 cm³/mol. The van der Waals surface area contributed by atoms with Crippen molar-refractivity contribution in [3.8, 4) is 12.3 Å².